The largest absolute Gasteiger partial charge is 0.247 e. The van der Waals surface area contributed by atoms with Crippen LogP contribution in [0.1, 0.15) is 19.4 Å². The zero-order chi connectivity index (χ0) is 10.8. The lowest BCUT2D eigenvalue weighted by Crippen LogP contribution is -2.26. The standard InChI is InChI=1S/C11H14F2S/c1-11(2,10(12)13)8-4-6-9(14-3)7-5-8/h4-7,10H,1-3H3. The Bertz CT molecular complexity index is 291. The van der Waals surface area contributed by atoms with Crippen molar-refractivity contribution in [2.24, 2.45) is 0 Å². The molecule has 0 bridgehead atoms. The lowest BCUT2D eigenvalue weighted by atomic mass is 9.85. The highest BCUT2D eigenvalue weighted by atomic mass is 32.2. The van der Waals surface area contributed by atoms with E-state index in [0.717, 1.165) is 4.90 Å². The van der Waals surface area contributed by atoms with Crippen LogP contribution in [0.4, 0.5) is 8.78 Å². The van der Waals surface area contributed by atoms with Crippen LogP contribution in [0.25, 0.3) is 0 Å². The second kappa shape index (κ2) is 4.30. The lowest BCUT2D eigenvalue weighted by molar-refractivity contribution is 0.0694. The van der Waals surface area contributed by atoms with Crippen molar-refractivity contribution in [3.05, 3.63) is 29.8 Å². The number of rotatable bonds is 3. The maximum atomic E-state index is 12.7. The molecule has 0 heterocycles. The van der Waals surface area contributed by atoms with Crippen molar-refractivity contribution in [3.63, 3.8) is 0 Å². The van der Waals surface area contributed by atoms with Gasteiger partial charge >= 0.3 is 0 Å². The molecule has 0 amide bonds. The van der Waals surface area contributed by atoms with Gasteiger partial charge in [0.2, 0.25) is 6.43 Å². The van der Waals surface area contributed by atoms with Gasteiger partial charge in [0.25, 0.3) is 0 Å². The number of halogens is 2. The van der Waals surface area contributed by atoms with E-state index in [-0.39, 0.29) is 0 Å². The molecule has 0 N–H and O–H groups in total. The van der Waals surface area contributed by atoms with Crippen LogP contribution in [0.5, 0.6) is 0 Å². The van der Waals surface area contributed by atoms with Gasteiger partial charge in [-0.2, -0.15) is 0 Å². The molecule has 0 aliphatic heterocycles. The van der Waals surface area contributed by atoms with Gasteiger partial charge < -0.3 is 0 Å². The number of alkyl halides is 2. The molecule has 1 aromatic carbocycles. The van der Waals surface area contributed by atoms with Gasteiger partial charge in [0.15, 0.2) is 0 Å². The van der Waals surface area contributed by atoms with E-state index in [4.69, 9.17) is 0 Å². The van der Waals surface area contributed by atoms with E-state index in [9.17, 15) is 8.78 Å². The fourth-order valence-electron chi connectivity index (χ4n) is 1.15. The average Bonchev–Trinajstić information content (AvgIpc) is 2.17. The van der Waals surface area contributed by atoms with Gasteiger partial charge in [-0.1, -0.05) is 26.0 Å². The second-order valence-corrected chi connectivity index (χ2v) is 4.63. The molecule has 3 heteroatoms. The van der Waals surface area contributed by atoms with Gasteiger partial charge in [0.1, 0.15) is 0 Å². The molecule has 1 aromatic rings. The first-order valence-electron chi connectivity index (χ1n) is 4.41. The molecular weight excluding hydrogens is 202 g/mol. The summed E-state index contributed by atoms with van der Waals surface area (Å²) in [4.78, 5) is 1.10. The molecule has 0 unspecified atom stereocenters. The van der Waals surface area contributed by atoms with Crippen molar-refractivity contribution in [2.75, 3.05) is 6.26 Å². The monoisotopic (exact) mass is 216 g/mol. The van der Waals surface area contributed by atoms with E-state index in [0.29, 0.717) is 5.56 Å². The molecule has 0 nitrogen and oxygen atoms in total. The lowest BCUT2D eigenvalue weighted by Gasteiger charge is -2.24. The molecule has 0 aliphatic rings. The first kappa shape index (κ1) is 11.5. The molecule has 0 saturated carbocycles. The summed E-state index contributed by atoms with van der Waals surface area (Å²) in [5, 5.41) is 0. The zero-order valence-electron chi connectivity index (χ0n) is 8.55. The fraction of sp³-hybridized carbons (Fsp3) is 0.455. The Labute approximate surface area is 87.7 Å². The van der Waals surface area contributed by atoms with E-state index in [1.54, 1.807) is 37.7 Å². The minimum atomic E-state index is -2.33. The Hall–Kier alpha value is -0.570. The Morgan fingerprint density at radius 3 is 2.00 bits per heavy atom. The topological polar surface area (TPSA) is 0 Å². The van der Waals surface area contributed by atoms with Gasteiger partial charge in [0.05, 0.1) is 5.41 Å². The van der Waals surface area contributed by atoms with Crippen molar-refractivity contribution >= 4 is 11.8 Å². The molecule has 14 heavy (non-hydrogen) atoms. The van der Waals surface area contributed by atoms with Crippen LogP contribution in [-0.2, 0) is 5.41 Å². The Balaban J connectivity index is 2.97. The Kier molecular flexibility index (Phi) is 3.53. The fourth-order valence-corrected chi connectivity index (χ4v) is 1.55. The summed E-state index contributed by atoms with van der Waals surface area (Å²) in [6.07, 6.45) is -0.365. The van der Waals surface area contributed by atoms with E-state index in [1.807, 2.05) is 18.4 Å². The third-order valence-corrected chi connectivity index (χ3v) is 3.12. The Morgan fingerprint density at radius 1 is 1.14 bits per heavy atom. The van der Waals surface area contributed by atoms with E-state index in [2.05, 4.69) is 0 Å². The third-order valence-electron chi connectivity index (χ3n) is 2.38. The summed E-state index contributed by atoms with van der Waals surface area (Å²) in [6.45, 7) is 3.12. The van der Waals surface area contributed by atoms with Crippen LogP contribution in [0.15, 0.2) is 29.2 Å². The summed E-state index contributed by atoms with van der Waals surface area (Å²) < 4.78 is 25.4. The maximum Gasteiger partial charge on any atom is 0.247 e. The van der Waals surface area contributed by atoms with Crippen molar-refractivity contribution in [3.8, 4) is 0 Å². The van der Waals surface area contributed by atoms with Crippen molar-refractivity contribution in [2.45, 2.75) is 30.6 Å². The highest BCUT2D eigenvalue weighted by Gasteiger charge is 2.31. The number of hydrogen-bond donors (Lipinski definition) is 0. The molecule has 0 radical (unpaired) electrons. The molecule has 0 saturated heterocycles. The van der Waals surface area contributed by atoms with Crippen LogP contribution in [-0.4, -0.2) is 12.7 Å². The van der Waals surface area contributed by atoms with Crippen molar-refractivity contribution in [1.29, 1.82) is 0 Å². The number of thioether (sulfide) groups is 1. The van der Waals surface area contributed by atoms with Crippen LogP contribution >= 0.6 is 11.8 Å². The smallest absolute Gasteiger partial charge is 0.210 e. The Morgan fingerprint density at radius 2 is 1.64 bits per heavy atom. The minimum absolute atomic E-state index is 0.685. The van der Waals surface area contributed by atoms with E-state index >= 15 is 0 Å². The molecule has 0 aromatic heterocycles. The predicted octanol–water partition coefficient (Wildman–Crippen LogP) is 3.95. The molecule has 0 spiro atoms. The van der Waals surface area contributed by atoms with Crippen LogP contribution in [0.2, 0.25) is 0 Å². The van der Waals surface area contributed by atoms with Gasteiger partial charge in [0, 0.05) is 4.90 Å². The van der Waals surface area contributed by atoms with Gasteiger partial charge in [-0.25, -0.2) is 8.78 Å². The van der Waals surface area contributed by atoms with Crippen molar-refractivity contribution < 1.29 is 8.78 Å². The SMILES string of the molecule is CSc1ccc(C(C)(C)C(F)F)cc1. The summed E-state index contributed by atoms with van der Waals surface area (Å²) in [7, 11) is 0. The summed E-state index contributed by atoms with van der Waals surface area (Å²) >= 11 is 1.61. The summed E-state index contributed by atoms with van der Waals surface area (Å²) in [5.41, 5.74) is -0.373. The number of hydrogen-bond acceptors (Lipinski definition) is 1. The average molecular weight is 216 g/mol. The minimum Gasteiger partial charge on any atom is -0.210 e. The number of benzene rings is 1. The van der Waals surface area contributed by atoms with Gasteiger partial charge in [-0.3, -0.25) is 0 Å². The maximum absolute atomic E-state index is 12.7. The van der Waals surface area contributed by atoms with Gasteiger partial charge in [-0.15, -0.1) is 11.8 Å². The van der Waals surface area contributed by atoms with Crippen LogP contribution < -0.4 is 0 Å². The molecule has 1 rings (SSSR count). The molecule has 0 fully saturated rings. The predicted molar refractivity (Wildman–Crippen MR) is 57.3 cm³/mol. The van der Waals surface area contributed by atoms with Crippen LogP contribution in [0, 0.1) is 0 Å². The second-order valence-electron chi connectivity index (χ2n) is 3.75. The van der Waals surface area contributed by atoms with Crippen LogP contribution in [0.3, 0.4) is 0 Å². The third kappa shape index (κ3) is 2.27. The first-order valence-corrected chi connectivity index (χ1v) is 5.63. The molecule has 78 valence electrons. The first-order chi connectivity index (χ1) is 6.48. The van der Waals surface area contributed by atoms with Crippen molar-refractivity contribution in [1.82, 2.24) is 0 Å². The van der Waals surface area contributed by atoms with E-state index < -0.39 is 11.8 Å². The zero-order valence-corrected chi connectivity index (χ0v) is 9.37. The summed E-state index contributed by atoms with van der Waals surface area (Å²) in [5.74, 6) is 0. The molecular formula is C11H14F2S. The highest BCUT2D eigenvalue weighted by Crippen LogP contribution is 2.31. The normalized spacial score (nSPS) is 12.1. The summed E-state index contributed by atoms with van der Waals surface area (Å²) in [6, 6.07) is 7.31. The van der Waals surface area contributed by atoms with E-state index in [1.165, 1.54) is 0 Å². The highest BCUT2D eigenvalue weighted by molar-refractivity contribution is 7.98. The molecule has 0 atom stereocenters. The van der Waals surface area contributed by atoms with Gasteiger partial charge in [-0.05, 0) is 24.0 Å². The quantitative estimate of drug-likeness (QED) is 0.689. The molecule has 0 aliphatic carbocycles.